The zero-order valence-corrected chi connectivity index (χ0v) is 21.4. The summed E-state index contributed by atoms with van der Waals surface area (Å²) >= 11 is 0. The van der Waals surface area contributed by atoms with E-state index < -0.39 is 23.5 Å². The summed E-state index contributed by atoms with van der Waals surface area (Å²) in [5.74, 6) is 4.41. The Kier molecular flexibility index (Phi) is 7.98. The van der Waals surface area contributed by atoms with Crippen molar-refractivity contribution in [3.63, 3.8) is 0 Å². The molecule has 0 aromatic rings. The van der Waals surface area contributed by atoms with Crippen molar-refractivity contribution in [2.75, 3.05) is 0 Å². The van der Waals surface area contributed by atoms with Crippen LogP contribution < -0.4 is 0 Å². The molecular formula is C19H37O10P3. The largest absolute Gasteiger partial charge is 0.490 e. The fraction of sp³-hybridized carbons (Fsp3) is 1.00. The minimum atomic E-state index is -5.46. The smallest absolute Gasteiger partial charge is 0.302 e. The van der Waals surface area contributed by atoms with Crippen LogP contribution in [0.5, 0.6) is 0 Å². The van der Waals surface area contributed by atoms with Gasteiger partial charge in [0.05, 0.1) is 0 Å². The number of hydrogen-bond acceptors (Lipinski definition) is 5. The van der Waals surface area contributed by atoms with Crippen molar-refractivity contribution in [1.82, 2.24) is 0 Å². The highest BCUT2D eigenvalue weighted by atomic mass is 31.3. The van der Waals surface area contributed by atoms with Crippen LogP contribution in [0, 0.1) is 34.5 Å². The van der Waals surface area contributed by atoms with Gasteiger partial charge in [-0.2, -0.15) is 8.62 Å². The highest BCUT2D eigenvalue weighted by molar-refractivity contribution is 7.66. The van der Waals surface area contributed by atoms with Gasteiger partial charge in [0.2, 0.25) is 0 Å². The van der Waals surface area contributed by atoms with Crippen molar-refractivity contribution in [3.05, 3.63) is 0 Å². The van der Waals surface area contributed by atoms with Gasteiger partial charge in [0.1, 0.15) is 0 Å². The molecule has 10 nitrogen and oxygen atoms in total. The van der Waals surface area contributed by atoms with Crippen LogP contribution >= 0.6 is 23.5 Å². The molecule has 5 N–H and O–H groups in total. The van der Waals surface area contributed by atoms with Gasteiger partial charge in [-0.1, -0.05) is 33.1 Å². The van der Waals surface area contributed by atoms with E-state index in [1.165, 1.54) is 19.3 Å². The summed E-state index contributed by atoms with van der Waals surface area (Å²) in [5, 5.41) is 0. The molecular weight excluding hydrogens is 481 g/mol. The van der Waals surface area contributed by atoms with E-state index in [0.29, 0.717) is 0 Å². The van der Waals surface area contributed by atoms with Gasteiger partial charge >= 0.3 is 23.5 Å². The molecule has 0 aromatic carbocycles. The molecule has 0 amide bonds. The Morgan fingerprint density at radius 1 is 0.688 bits per heavy atom. The lowest BCUT2D eigenvalue weighted by molar-refractivity contribution is -0.103. The van der Waals surface area contributed by atoms with Crippen LogP contribution in [0.15, 0.2) is 0 Å². The van der Waals surface area contributed by atoms with E-state index in [-0.39, 0.29) is 0 Å². The van der Waals surface area contributed by atoms with Crippen molar-refractivity contribution in [2.45, 2.75) is 84.5 Å². The predicted octanol–water partition coefficient (Wildman–Crippen LogP) is 5.11. The molecule has 0 aliphatic heterocycles. The molecule has 4 rings (SSSR count). The molecule has 6 atom stereocenters. The fourth-order valence-electron chi connectivity index (χ4n) is 7.57. The van der Waals surface area contributed by atoms with Crippen molar-refractivity contribution in [2.24, 2.45) is 34.5 Å². The van der Waals surface area contributed by atoms with Gasteiger partial charge in [-0.15, -0.1) is 0 Å². The second-order valence-corrected chi connectivity index (χ2v) is 14.8. The third-order valence-electron chi connectivity index (χ3n) is 8.78. The molecule has 0 bridgehead atoms. The van der Waals surface area contributed by atoms with E-state index in [0.717, 1.165) is 34.5 Å². The quantitative estimate of drug-likeness (QED) is 0.315. The van der Waals surface area contributed by atoms with Gasteiger partial charge in [-0.25, -0.2) is 13.7 Å². The summed E-state index contributed by atoms with van der Waals surface area (Å²) in [4.78, 5) is 40.2. The minimum Gasteiger partial charge on any atom is -0.302 e. The maximum absolute atomic E-state index is 10.4. The fourth-order valence-corrected chi connectivity index (χ4v) is 10.1. The van der Waals surface area contributed by atoms with E-state index in [9.17, 15) is 13.7 Å². The topological polar surface area (TPSA) is 171 Å². The van der Waals surface area contributed by atoms with E-state index in [1.54, 1.807) is 51.4 Å². The Hall–Kier alpha value is 0.410. The summed E-state index contributed by atoms with van der Waals surface area (Å²) in [6, 6.07) is 0. The highest BCUT2D eigenvalue weighted by Gasteiger charge is 2.57. The molecule has 0 aromatic heterocycles. The van der Waals surface area contributed by atoms with Crippen molar-refractivity contribution in [1.29, 1.82) is 0 Å². The zero-order chi connectivity index (χ0) is 24.0. The Morgan fingerprint density at radius 3 is 1.91 bits per heavy atom. The van der Waals surface area contributed by atoms with Crippen LogP contribution in [-0.2, 0) is 22.3 Å². The first-order valence-electron chi connectivity index (χ1n) is 11.4. The molecule has 4 saturated carbocycles. The molecule has 32 heavy (non-hydrogen) atoms. The summed E-state index contributed by atoms with van der Waals surface area (Å²) in [6.45, 7) is 5.33. The van der Waals surface area contributed by atoms with E-state index in [4.69, 9.17) is 24.5 Å². The maximum atomic E-state index is 10.4. The zero-order valence-electron chi connectivity index (χ0n) is 18.7. The molecule has 13 heteroatoms. The normalized spacial score (nSPS) is 39.8. The van der Waals surface area contributed by atoms with Crippen LogP contribution in [-0.4, -0.2) is 24.5 Å². The molecule has 4 aliphatic rings. The molecule has 4 fully saturated rings. The Balaban J connectivity index is 0.000000198. The van der Waals surface area contributed by atoms with E-state index >= 15 is 0 Å². The van der Waals surface area contributed by atoms with Gasteiger partial charge in [0.15, 0.2) is 0 Å². The average molecular weight is 518 g/mol. The molecule has 0 radical (unpaired) electrons. The lowest BCUT2D eigenvalue weighted by Gasteiger charge is -2.60. The first-order chi connectivity index (χ1) is 14.5. The van der Waals surface area contributed by atoms with Gasteiger partial charge in [-0.3, -0.25) is 0 Å². The maximum Gasteiger partial charge on any atom is 0.490 e. The van der Waals surface area contributed by atoms with Gasteiger partial charge in [0, 0.05) is 0 Å². The monoisotopic (exact) mass is 518 g/mol. The number of phosphoric acid groups is 3. The second-order valence-electron chi connectivity index (χ2n) is 10.6. The van der Waals surface area contributed by atoms with Crippen LogP contribution in [0.3, 0.4) is 0 Å². The van der Waals surface area contributed by atoms with E-state index in [2.05, 4.69) is 22.5 Å². The lowest BCUT2D eigenvalue weighted by Crippen LogP contribution is -2.51. The van der Waals surface area contributed by atoms with Crippen molar-refractivity contribution in [3.8, 4) is 0 Å². The van der Waals surface area contributed by atoms with Gasteiger partial charge in [-0.05, 0) is 85.9 Å². The molecule has 0 saturated heterocycles. The lowest BCUT2D eigenvalue weighted by atomic mass is 9.45. The summed E-state index contributed by atoms with van der Waals surface area (Å²) in [6.07, 6.45) is 17.1. The number of rotatable bonds is 4. The molecule has 0 unspecified atom stereocenters. The van der Waals surface area contributed by atoms with Crippen LogP contribution in [0.25, 0.3) is 0 Å². The van der Waals surface area contributed by atoms with Crippen LogP contribution in [0.4, 0.5) is 0 Å². The second kappa shape index (κ2) is 9.46. The molecule has 0 spiro atoms. The average Bonchev–Trinajstić information content (AvgIpc) is 2.99. The Morgan fingerprint density at radius 2 is 1.31 bits per heavy atom. The summed E-state index contributed by atoms with van der Waals surface area (Å²) < 4.78 is 36.4. The third kappa shape index (κ3) is 6.34. The van der Waals surface area contributed by atoms with Crippen LogP contribution in [0.1, 0.15) is 84.5 Å². The first-order valence-corrected chi connectivity index (χ1v) is 16.0. The van der Waals surface area contributed by atoms with Gasteiger partial charge in [0.25, 0.3) is 0 Å². The highest BCUT2D eigenvalue weighted by Crippen LogP contribution is 2.66. The summed E-state index contributed by atoms with van der Waals surface area (Å²) in [7, 11) is -16.2. The summed E-state index contributed by atoms with van der Waals surface area (Å²) in [5.41, 5.74) is 1.49. The van der Waals surface area contributed by atoms with Crippen molar-refractivity contribution < 1.29 is 46.8 Å². The standard InChI is InChI=1S/C19H32.H5O10P3/c1-18-11-5-7-16(18)15-9-8-14-6-3-4-12-19(14,2)17(15)10-13-18;1-11(2,3)9-13(7,8)10-12(4,5)6/h14-17H,3-13H2,1-2H3;(H,7,8)(H2,1,2,3)(H2,4,5,6)/t14-,15+,16+,17+,18+,19+;/m1./s1. The first kappa shape index (κ1) is 27.0. The molecule has 188 valence electrons. The van der Waals surface area contributed by atoms with Gasteiger partial charge < -0.3 is 24.5 Å². The van der Waals surface area contributed by atoms with Crippen molar-refractivity contribution >= 4 is 23.5 Å². The van der Waals surface area contributed by atoms with Crippen LogP contribution in [0.2, 0.25) is 0 Å². The van der Waals surface area contributed by atoms with E-state index in [1.807, 2.05) is 0 Å². The Labute approximate surface area is 189 Å². The Bertz CT molecular complexity index is 796. The number of fused-ring (bicyclic) bond motifs is 5. The minimum absolute atomic E-state index is 0.741. The SMILES string of the molecule is C[C@@]12CCC[C@H]1[C@@H]1CC[C@H]3CCCC[C@]3(C)[C@H]1CC2.O=P(O)(O)OP(=O)(O)OP(=O)(O)O. The predicted molar refractivity (Wildman–Crippen MR) is 117 cm³/mol. The number of hydrogen-bond donors (Lipinski definition) is 5. The molecule has 4 aliphatic carbocycles. The molecule has 0 heterocycles. The third-order valence-corrected chi connectivity index (χ3v) is 12.1.